The Morgan fingerprint density at radius 2 is 1.68 bits per heavy atom. The summed E-state index contributed by atoms with van der Waals surface area (Å²) in [6, 6.07) is 11.0. The Hall–Kier alpha value is -2.66. The molecule has 5 nitrogen and oxygen atoms in total. The van der Waals surface area contributed by atoms with E-state index in [-0.39, 0.29) is 12.3 Å². The Morgan fingerprint density at radius 3 is 2.28 bits per heavy atom. The first kappa shape index (κ1) is 17.2. The second-order valence-electron chi connectivity index (χ2n) is 5.70. The van der Waals surface area contributed by atoms with Gasteiger partial charge in [-0.15, -0.1) is 0 Å². The number of anilines is 2. The van der Waals surface area contributed by atoms with Crippen LogP contribution in [0.4, 0.5) is 11.5 Å². The summed E-state index contributed by atoms with van der Waals surface area (Å²) < 4.78 is 5.13. The number of rotatable bonds is 4. The average molecular weight is 356 g/mol. The van der Waals surface area contributed by atoms with Crippen molar-refractivity contribution in [2.24, 2.45) is 0 Å². The molecule has 3 aromatic rings. The number of ether oxygens (including phenoxy) is 1. The summed E-state index contributed by atoms with van der Waals surface area (Å²) in [7, 11) is 0. The van der Waals surface area contributed by atoms with Crippen LogP contribution in [-0.2, 0) is 4.74 Å². The number of aromatic nitrogens is 2. The second kappa shape index (κ2) is 7.07. The Labute approximate surface area is 151 Å². The van der Waals surface area contributed by atoms with Gasteiger partial charge in [0.15, 0.2) is 11.5 Å². The van der Waals surface area contributed by atoms with E-state index in [1.165, 1.54) is 0 Å². The fourth-order valence-electron chi connectivity index (χ4n) is 2.41. The lowest BCUT2D eigenvalue weighted by Gasteiger charge is -2.12. The van der Waals surface area contributed by atoms with Crippen molar-refractivity contribution < 1.29 is 9.53 Å². The van der Waals surface area contributed by atoms with E-state index >= 15 is 0 Å². The molecule has 0 unspecified atom stereocenters. The number of carbonyl (C=O) groups excluding carboxylic acids is 1. The van der Waals surface area contributed by atoms with Crippen LogP contribution in [0.5, 0.6) is 0 Å². The summed E-state index contributed by atoms with van der Waals surface area (Å²) in [6.07, 6.45) is 0. The normalized spacial score (nSPS) is 10.7. The second-order valence-corrected chi connectivity index (χ2v) is 6.13. The maximum atomic E-state index is 12.3. The monoisotopic (exact) mass is 355 g/mol. The molecule has 0 aliphatic heterocycles. The smallest absolute Gasteiger partial charge is 0.360 e. The Kier molecular flexibility index (Phi) is 4.86. The molecule has 0 saturated carbocycles. The van der Waals surface area contributed by atoms with Crippen LogP contribution in [0.3, 0.4) is 0 Å². The van der Waals surface area contributed by atoms with Gasteiger partial charge in [0, 0.05) is 10.7 Å². The molecule has 0 aliphatic carbocycles. The molecule has 3 rings (SSSR count). The van der Waals surface area contributed by atoms with E-state index in [2.05, 4.69) is 15.3 Å². The van der Waals surface area contributed by atoms with E-state index < -0.39 is 5.97 Å². The van der Waals surface area contributed by atoms with E-state index in [9.17, 15) is 4.79 Å². The lowest BCUT2D eigenvalue weighted by Crippen LogP contribution is -2.12. The highest BCUT2D eigenvalue weighted by molar-refractivity contribution is 6.30. The molecule has 1 N–H and O–H groups in total. The molecule has 0 atom stereocenters. The highest BCUT2D eigenvalue weighted by atomic mass is 35.5. The van der Waals surface area contributed by atoms with Crippen molar-refractivity contribution in [1.82, 2.24) is 9.97 Å². The first-order valence-corrected chi connectivity index (χ1v) is 8.34. The summed E-state index contributed by atoms with van der Waals surface area (Å²) in [6.45, 7) is 6.04. The van der Waals surface area contributed by atoms with Crippen molar-refractivity contribution >= 4 is 40.1 Å². The van der Waals surface area contributed by atoms with Crippen LogP contribution < -0.4 is 5.32 Å². The molecule has 0 amide bonds. The van der Waals surface area contributed by atoms with E-state index in [1.54, 1.807) is 19.1 Å². The molecule has 25 heavy (non-hydrogen) atoms. The van der Waals surface area contributed by atoms with Crippen molar-refractivity contribution in [2.75, 3.05) is 11.9 Å². The van der Waals surface area contributed by atoms with Gasteiger partial charge in [-0.3, -0.25) is 0 Å². The maximum absolute atomic E-state index is 12.3. The van der Waals surface area contributed by atoms with Crippen LogP contribution in [-0.4, -0.2) is 22.5 Å². The summed E-state index contributed by atoms with van der Waals surface area (Å²) in [4.78, 5) is 21.4. The van der Waals surface area contributed by atoms with Crippen LogP contribution >= 0.6 is 11.6 Å². The van der Waals surface area contributed by atoms with Crippen LogP contribution in [0.2, 0.25) is 5.02 Å². The zero-order valence-electron chi connectivity index (χ0n) is 14.3. The molecule has 1 heterocycles. The van der Waals surface area contributed by atoms with Crippen molar-refractivity contribution in [3.05, 3.63) is 58.2 Å². The first-order valence-electron chi connectivity index (χ1n) is 7.96. The molecule has 6 heteroatoms. The van der Waals surface area contributed by atoms with E-state index in [1.807, 2.05) is 38.1 Å². The number of nitrogens with zero attached hydrogens (tertiary/aromatic N) is 2. The van der Waals surface area contributed by atoms with E-state index in [0.29, 0.717) is 21.9 Å². The van der Waals surface area contributed by atoms with Gasteiger partial charge in [0.1, 0.15) is 0 Å². The van der Waals surface area contributed by atoms with Crippen LogP contribution in [0, 0.1) is 13.8 Å². The summed E-state index contributed by atoms with van der Waals surface area (Å²) in [5, 5.41) is 3.76. The van der Waals surface area contributed by atoms with Crippen LogP contribution in [0.1, 0.15) is 28.5 Å². The van der Waals surface area contributed by atoms with Crippen molar-refractivity contribution in [1.29, 1.82) is 0 Å². The van der Waals surface area contributed by atoms with Gasteiger partial charge in [-0.1, -0.05) is 11.6 Å². The Bertz CT molecular complexity index is 940. The molecule has 0 aliphatic rings. The van der Waals surface area contributed by atoms with Gasteiger partial charge in [0.05, 0.1) is 17.6 Å². The highest BCUT2D eigenvalue weighted by Crippen LogP contribution is 2.24. The van der Waals surface area contributed by atoms with Crippen LogP contribution in [0.15, 0.2) is 36.4 Å². The quantitative estimate of drug-likeness (QED) is 0.680. The van der Waals surface area contributed by atoms with Gasteiger partial charge in [-0.25, -0.2) is 14.8 Å². The molecule has 0 radical (unpaired) electrons. The molecule has 1 aromatic heterocycles. The van der Waals surface area contributed by atoms with Gasteiger partial charge in [-0.2, -0.15) is 0 Å². The van der Waals surface area contributed by atoms with Crippen molar-refractivity contribution in [3.63, 3.8) is 0 Å². The predicted octanol–water partition coefficient (Wildman–Crippen LogP) is 4.82. The fourth-order valence-corrected chi connectivity index (χ4v) is 2.54. The third-order valence-electron chi connectivity index (χ3n) is 3.86. The summed E-state index contributed by atoms with van der Waals surface area (Å²) in [5.74, 6) is -0.150. The Balaban J connectivity index is 2.12. The fraction of sp³-hybridized carbons (Fsp3) is 0.211. The van der Waals surface area contributed by atoms with Crippen molar-refractivity contribution in [3.8, 4) is 0 Å². The van der Waals surface area contributed by atoms with E-state index in [4.69, 9.17) is 16.3 Å². The van der Waals surface area contributed by atoms with Gasteiger partial charge in [0.25, 0.3) is 0 Å². The molecule has 0 spiro atoms. The number of benzene rings is 2. The number of fused-ring (bicyclic) bond motifs is 1. The summed E-state index contributed by atoms with van der Waals surface area (Å²) in [5.41, 5.74) is 4.50. The average Bonchev–Trinajstić information content (AvgIpc) is 2.58. The number of carbonyl (C=O) groups is 1. The van der Waals surface area contributed by atoms with Crippen molar-refractivity contribution in [2.45, 2.75) is 20.8 Å². The molecule has 0 fully saturated rings. The zero-order chi connectivity index (χ0) is 18.0. The number of hydrogen-bond acceptors (Lipinski definition) is 5. The number of hydrogen-bond donors (Lipinski definition) is 1. The number of nitrogens with one attached hydrogen (secondary N) is 1. The Morgan fingerprint density at radius 1 is 1.08 bits per heavy atom. The molecular weight excluding hydrogens is 338 g/mol. The third-order valence-corrected chi connectivity index (χ3v) is 4.11. The maximum Gasteiger partial charge on any atom is 0.360 e. The summed E-state index contributed by atoms with van der Waals surface area (Å²) >= 11 is 5.92. The predicted molar refractivity (Wildman–Crippen MR) is 99.7 cm³/mol. The SMILES string of the molecule is CCOC(=O)c1nc2cc(C)c(C)cc2nc1Nc1ccc(Cl)cc1. The largest absolute Gasteiger partial charge is 0.461 e. The lowest BCUT2D eigenvalue weighted by molar-refractivity contribution is 0.0521. The minimum Gasteiger partial charge on any atom is -0.461 e. The zero-order valence-corrected chi connectivity index (χ0v) is 15.0. The number of esters is 1. The lowest BCUT2D eigenvalue weighted by atomic mass is 10.1. The minimum absolute atomic E-state index is 0.160. The highest BCUT2D eigenvalue weighted by Gasteiger charge is 2.18. The topological polar surface area (TPSA) is 64.1 Å². The van der Waals surface area contributed by atoms with E-state index in [0.717, 1.165) is 16.8 Å². The number of halogens is 1. The molecular formula is C19H18ClN3O2. The third kappa shape index (κ3) is 3.72. The van der Waals surface area contributed by atoms with Gasteiger partial charge >= 0.3 is 5.97 Å². The molecule has 2 aromatic carbocycles. The van der Waals surface area contributed by atoms with Gasteiger partial charge in [-0.05, 0) is 68.3 Å². The molecule has 0 bridgehead atoms. The minimum atomic E-state index is -0.508. The number of aryl methyl sites for hydroxylation is 2. The first-order chi connectivity index (χ1) is 12.0. The standard InChI is InChI=1S/C19H18ClN3O2/c1-4-25-19(24)17-18(21-14-7-5-13(20)6-8-14)23-16-10-12(3)11(2)9-15(16)22-17/h5-10H,4H2,1-3H3,(H,21,23). The molecule has 0 saturated heterocycles. The van der Waals surface area contributed by atoms with Crippen LogP contribution in [0.25, 0.3) is 11.0 Å². The van der Waals surface area contributed by atoms with Gasteiger partial charge in [0.2, 0.25) is 0 Å². The van der Waals surface area contributed by atoms with Gasteiger partial charge < -0.3 is 10.1 Å². The molecule has 128 valence electrons.